The van der Waals surface area contributed by atoms with Crippen molar-refractivity contribution in [2.75, 3.05) is 12.4 Å². The van der Waals surface area contributed by atoms with E-state index >= 15 is 0 Å². The third-order valence-electron chi connectivity index (χ3n) is 3.44. The molecule has 0 saturated heterocycles. The molecule has 1 aliphatic rings. The van der Waals surface area contributed by atoms with E-state index in [1.165, 1.54) is 0 Å². The second-order valence-corrected chi connectivity index (χ2v) is 5.18. The van der Waals surface area contributed by atoms with Crippen molar-refractivity contribution in [2.45, 2.75) is 0 Å². The molecule has 0 saturated carbocycles. The summed E-state index contributed by atoms with van der Waals surface area (Å²) in [6, 6.07) is 13.2. The normalized spacial score (nSPS) is 14.8. The Hall–Kier alpha value is -3.61. The van der Waals surface area contributed by atoms with Gasteiger partial charge in [-0.05, 0) is 48.0 Å². The number of methoxy groups -OCH3 is 1. The van der Waals surface area contributed by atoms with Gasteiger partial charge >= 0.3 is 12.0 Å². The minimum Gasteiger partial charge on any atom is -0.497 e. The van der Waals surface area contributed by atoms with Gasteiger partial charge in [-0.25, -0.2) is 14.6 Å². The van der Waals surface area contributed by atoms with Crippen LogP contribution >= 0.6 is 0 Å². The topological polar surface area (TPSA) is 103 Å². The maximum absolute atomic E-state index is 12.0. The highest BCUT2D eigenvalue weighted by Crippen LogP contribution is 2.21. The Balaban J connectivity index is 1.81. The average molecular weight is 337 g/mol. The predicted molar refractivity (Wildman–Crippen MR) is 93.2 cm³/mol. The lowest BCUT2D eigenvalue weighted by atomic mass is 10.2. The van der Waals surface area contributed by atoms with Crippen LogP contribution in [0.3, 0.4) is 0 Å². The first kappa shape index (κ1) is 16.3. The number of nitrogens with one attached hydrogen (secondary N) is 1. The van der Waals surface area contributed by atoms with E-state index in [4.69, 9.17) is 15.2 Å². The van der Waals surface area contributed by atoms with Crippen LogP contribution in [-0.2, 0) is 9.53 Å². The second kappa shape index (κ2) is 6.88. The molecular formula is C18H15N3O4. The molecule has 1 heterocycles. The fourth-order valence-corrected chi connectivity index (χ4v) is 2.23. The summed E-state index contributed by atoms with van der Waals surface area (Å²) in [6.45, 7) is 0. The molecule has 2 aromatic carbocycles. The van der Waals surface area contributed by atoms with Crippen molar-refractivity contribution in [3.8, 4) is 5.75 Å². The number of nitrogens with two attached hydrogens (primary N) is 1. The third-order valence-corrected chi connectivity index (χ3v) is 3.44. The molecule has 7 heteroatoms. The lowest BCUT2D eigenvalue weighted by Gasteiger charge is -2.03. The van der Waals surface area contributed by atoms with Crippen LogP contribution in [0.5, 0.6) is 5.75 Å². The summed E-state index contributed by atoms with van der Waals surface area (Å²) in [7, 11) is 1.59. The van der Waals surface area contributed by atoms with Crippen LogP contribution in [0.1, 0.15) is 11.1 Å². The maximum Gasteiger partial charge on any atom is 0.363 e. The van der Waals surface area contributed by atoms with Gasteiger partial charge in [0.2, 0.25) is 5.90 Å². The van der Waals surface area contributed by atoms with Gasteiger partial charge in [-0.1, -0.05) is 12.1 Å². The molecule has 2 amide bonds. The number of hydrogen-bond donors (Lipinski definition) is 2. The van der Waals surface area contributed by atoms with E-state index in [0.717, 1.165) is 11.3 Å². The summed E-state index contributed by atoms with van der Waals surface area (Å²) in [5, 5.41) is 2.45. The zero-order valence-corrected chi connectivity index (χ0v) is 13.4. The third kappa shape index (κ3) is 3.84. The van der Waals surface area contributed by atoms with E-state index in [1.54, 1.807) is 49.6 Å². The van der Waals surface area contributed by atoms with E-state index < -0.39 is 12.0 Å². The van der Waals surface area contributed by atoms with Gasteiger partial charge in [-0.15, -0.1) is 0 Å². The van der Waals surface area contributed by atoms with Gasteiger partial charge in [0.15, 0.2) is 5.70 Å². The van der Waals surface area contributed by atoms with Crippen molar-refractivity contribution in [1.29, 1.82) is 0 Å². The highest BCUT2D eigenvalue weighted by molar-refractivity contribution is 6.13. The molecule has 3 rings (SSSR count). The number of nitrogens with zero attached hydrogens (tertiary/aromatic N) is 1. The van der Waals surface area contributed by atoms with E-state index in [0.29, 0.717) is 11.3 Å². The minimum atomic E-state index is -0.651. The monoisotopic (exact) mass is 337 g/mol. The SMILES string of the molecule is COc1ccc(/C=C2/N=C(c3ccc(NC(N)=O)cc3)OC2=O)cc1. The Bertz CT molecular complexity index is 868. The number of carbonyl (C=O) groups excluding carboxylic acids is 2. The van der Waals surface area contributed by atoms with Gasteiger partial charge in [0.25, 0.3) is 0 Å². The highest BCUT2D eigenvalue weighted by atomic mass is 16.6. The number of anilines is 1. The number of ether oxygens (including phenoxy) is 2. The Kier molecular flexibility index (Phi) is 4.47. The predicted octanol–water partition coefficient (Wildman–Crippen LogP) is 2.53. The summed E-state index contributed by atoms with van der Waals surface area (Å²) in [4.78, 5) is 27.0. The Labute approximate surface area is 143 Å². The largest absolute Gasteiger partial charge is 0.497 e. The number of aliphatic imine (C=N–C) groups is 1. The van der Waals surface area contributed by atoms with E-state index in [2.05, 4.69) is 10.3 Å². The lowest BCUT2D eigenvalue weighted by molar-refractivity contribution is -0.129. The van der Waals surface area contributed by atoms with Gasteiger partial charge in [0.1, 0.15) is 5.75 Å². The average Bonchev–Trinajstić information content (AvgIpc) is 2.96. The van der Waals surface area contributed by atoms with Gasteiger partial charge in [-0.3, -0.25) is 0 Å². The van der Waals surface area contributed by atoms with Crippen LogP contribution in [0.4, 0.5) is 10.5 Å². The highest BCUT2D eigenvalue weighted by Gasteiger charge is 2.24. The zero-order chi connectivity index (χ0) is 17.8. The number of primary amides is 1. The van der Waals surface area contributed by atoms with Gasteiger partial charge < -0.3 is 20.5 Å². The standard InChI is InChI=1S/C18H15N3O4/c1-24-14-8-2-11(3-9-14)10-15-17(22)25-16(21-15)12-4-6-13(7-5-12)20-18(19)23/h2-10H,1H3,(H3,19,20,23)/b15-10+. The van der Waals surface area contributed by atoms with Crippen LogP contribution in [0.2, 0.25) is 0 Å². The Morgan fingerprint density at radius 2 is 1.84 bits per heavy atom. The van der Waals surface area contributed by atoms with Crippen LogP contribution in [0.25, 0.3) is 6.08 Å². The number of amides is 2. The molecule has 2 aromatic rings. The van der Waals surface area contributed by atoms with Crippen LogP contribution in [0, 0.1) is 0 Å². The zero-order valence-electron chi connectivity index (χ0n) is 13.4. The first-order valence-electron chi connectivity index (χ1n) is 7.38. The fourth-order valence-electron chi connectivity index (χ4n) is 2.23. The molecule has 126 valence electrons. The first-order valence-corrected chi connectivity index (χ1v) is 7.38. The minimum absolute atomic E-state index is 0.204. The number of cyclic esters (lactones) is 1. The molecule has 3 N–H and O–H groups in total. The summed E-state index contributed by atoms with van der Waals surface area (Å²) in [5.74, 6) is 0.408. The van der Waals surface area contributed by atoms with Crippen LogP contribution in [0.15, 0.2) is 59.2 Å². The smallest absolute Gasteiger partial charge is 0.363 e. The van der Waals surface area contributed by atoms with Crippen molar-refractivity contribution >= 4 is 29.7 Å². The molecule has 0 fully saturated rings. The molecule has 0 radical (unpaired) electrons. The molecular weight excluding hydrogens is 322 g/mol. The van der Waals surface area contributed by atoms with Crippen molar-refractivity contribution in [3.63, 3.8) is 0 Å². The van der Waals surface area contributed by atoms with E-state index in [1.807, 2.05) is 12.1 Å². The molecule has 0 aliphatic carbocycles. The maximum atomic E-state index is 12.0. The van der Waals surface area contributed by atoms with Crippen molar-refractivity contribution in [3.05, 3.63) is 65.4 Å². The second-order valence-electron chi connectivity index (χ2n) is 5.18. The number of carbonyl (C=O) groups is 2. The fraction of sp³-hybridized carbons (Fsp3) is 0.0556. The number of urea groups is 1. The lowest BCUT2D eigenvalue weighted by Crippen LogP contribution is -2.19. The Morgan fingerprint density at radius 3 is 2.44 bits per heavy atom. The Morgan fingerprint density at radius 1 is 1.16 bits per heavy atom. The van der Waals surface area contributed by atoms with Crippen molar-refractivity contribution in [2.24, 2.45) is 10.7 Å². The van der Waals surface area contributed by atoms with Crippen molar-refractivity contribution in [1.82, 2.24) is 0 Å². The summed E-state index contributed by atoms with van der Waals surface area (Å²) >= 11 is 0. The van der Waals surface area contributed by atoms with Crippen LogP contribution < -0.4 is 15.8 Å². The van der Waals surface area contributed by atoms with Crippen LogP contribution in [-0.4, -0.2) is 25.0 Å². The molecule has 0 spiro atoms. The number of esters is 1. The summed E-state index contributed by atoms with van der Waals surface area (Å²) < 4.78 is 10.3. The van der Waals surface area contributed by atoms with E-state index in [9.17, 15) is 9.59 Å². The molecule has 0 bridgehead atoms. The van der Waals surface area contributed by atoms with Gasteiger partial charge in [-0.2, -0.15) is 0 Å². The van der Waals surface area contributed by atoms with Gasteiger partial charge in [0.05, 0.1) is 7.11 Å². The molecule has 0 aromatic heterocycles. The molecule has 1 aliphatic heterocycles. The summed E-state index contributed by atoms with van der Waals surface area (Å²) in [6.07, 6.45) is 1.64. The van der Waals surface area contributed by atoms with Crippen molar-refractivity contribution < 1.29 is 19.1 Å². The number of benzene rings is 2. The molecule has 0 atom stereocenters. The number of hydrogen-bond acceptors (Lipinski definition) is 5. The molecule has 25 heavy (non-hydrogen) atoms. The number of rotatable bonds is 4. The molecule has 0 unspecified atom stereocenters. The van der Waals surface area contributed by atoms with E-state index in [-0.39, 0.29) is 11.6 Å². The first-order chi connectivity index (χ1) is 12.0. The quantitative estimate of drug-likeness (QED) is 0.661. The van der Waals surface area contributed by atoms with Gasteiger partial charge in [0, 0.05) is 11.3 Å². The molecule has 7 nitrogen and oxygen atoms in total. The summed E-state index contributed by atoms with van der Waals surface area (Å²) in [5.41, 5.74) is 7.22.